The van der Waals surface area contributed by atoms with E-state index in [4.69, 9.17) is 4.74 Å². The minimum Gasteiger partial charge on any atom is -0.459 e. The van der Waals surface area contributed by atoms with Gasteiger partial charge in [-0.1, -0.05) is 18.2 Å². The van der Waals surface area contributed by atoms with E-state index >= 15 is 0 Å². The number of anilines is 1. The Morgan fingerprint density at radius 3 is 2.50 bits per heavy atom. The van der Waals surface area contributed by atoms with Gasteiger partial charge in [-0.3, -0.25) is 14.4 Å². The van der Waals surface area contributed by atoms with Gasteiger partial charge in [0.25, 0.3) is 5.91 Å². The lowest BCUT2D eigenvalue weighted by Crippen LogP contribution is -2.41. The fraction of sp³-hybridized carbons (Fsp3) is 0.412. The van der Waals surface area contributed by atoms with Gasteiger partial charge in [-0.2, -0.15) is 5.10 Å². The van der Waals surface area contributed by atoms with Crippen LogP contribution in [0, 0.1) is 0 Å². The maximum absolute atomic E-state index is 12.2. The van der Waals surface area contributed by atoms with Gasteiger partial charge in [0.1, 0.15) is 17.9 Å². The molecule has 1 aromatic carbocycles. The number of hydrazone groups is 1. The van der Waals surface area contributed by atoms with Crippen molar-refractivity contribution in [1.29, 1.82) is 0 Å². The van der Waals surface area contributed by atoms with Crippen LogP contribution in [0.15, 0.2) is 35.4 Å². The highest BCUT2D eigenvalue weighted by molar-refractivity contribution is 6.40. The van der Waals surface area contributed by atoms with Crippen LogP contribution in [0.1, 0.15) is 33.6 Å². The summed E-state index contributed by atoms with van der Waals surface area (Å²) in [5, 5.41) is 7.82. The summed E-state index contributed by atoms with van der Waals surface area (Å²) in [7, 11) is 0. The molecule has 0 saturated carbocycles. The van der Waals surface area contributed by atoms with Gasteiger partial charge >= 0.3 is 5.97 Å². The predicted molar refractivity (Wildman–Crippen MR) is 89.5 cm³/mol. The first-order chi connectivity index (χ1) is 11.3. The second-order valence-electron chi connectivity index (χ2n) is 6.36. The summed E-state index contributed by atoms with van der Waals surface area (Å²) in [5.41, 5.74) is 0.197. The monoisotopic (exact) mass is 331 g/mol. The summed E-state index contributed by atoms with van der Waals surface area (Å²) in [6.07, 6.45) is 0.426. The Bertz CT molecular complexity index is 662. The third-order valence-electron chi connectivity index (χ3n) is 3.11. The van der Waals surface area contributed by atoms with Crippen LogP contribution in [0.4, 0.5) is 5.69 Å². The van der Waals surface area contributed by atoms with Gasteiger partial charge in [0.05, 0.1) is 5.69 Å². The molecule has 1 aliphatic heterocycles. The SMILES string of the molecule is CC(C)(C)OC(=O)CNC(=O)C1=NN(c2ccccc2)C(=O)CC1. The fourth-order valence-corrected chi connectivity index (χ4v) is 2.12. The number of benzene rings is 1. The number of para-hydroxylation sites is 1. The van der Waals surface area contributed by atoms with Crippen molar-refractivity contribution in [3.8, 4) is 0 Å². The van der Waals surface area contributed by atoms with E-state index in [9.17, 15) is 14.4 Å². The standard InChI is InChI=1S/C17H21N3O4/c1-17(2,3)24-15(22)11-18-16(23)13-9-10-14(21)20(19-13)12-7-5-4-6-8-12/h4-8H,9-11H2,1-3H3,(H,18,23). The number of carbonyl (C=O) groups is 3. The molecule has 0 atom stereocenters. The molecule has 1 N–H and O–H groups in total. The van der Waals surface area contributed by atoms with Gasteiger partial charge in [-0.05, 0) is 32.9 Å². The van der Waals surface area contributed by atoms with Gasteiger partial charge in [-0.15, -0.1) is 0 Å². The first kappa shape index (κ1) is 17.7. The van der Waals surface area contributed by atoms with Crippen LogP contribution in [-0.4, -0.2) is 35.6 Å². The van der Waals surface area contributed by atoms with E-state index in [1.807, 2.05) is 6.07 Å². The minimum atomic E-state index is -0.610. The van der Waals surface area contributed by atoms with E-state index < -0.39 is 17.5 Å². The number of amides is 2. The van der Waals surface area contributed by atoms with Crippen LogP contribution in [0.25, 0.3) is 0 Å². The molecule has 0 bridgehead atoms. The Kier molecular flexibility index (Phi) is 5.33. The first-order valence-electron chi connectivity index (χ1n) is 7.72. The van der Waals surface area contributed by atoms with E-state index in [2.05, 4.69) is 10.4 Å². The Morgan fingerprint density at radius 1 is 1.21 bits per heavy atom. The zero-order valence-corrected chi connectivity index (χ0v) is 14.0. The number of hydrogen-bond acceptors (Lipinski definition) is 5. The molecule has 0 aromatic heterocycles. The molecule has 24 heavy (non-hydrogen) atoms. The number of ether oxygens (including phenoxy) is 1. The topological polar surface area (TPSA) is 88.1 Å². The maximum Gasteiger partial charge on any atom is 0.325 e. The van der Waals surface area contributed by atoms with E-state index in [0.717, 1.165) is 0 Å². The summed E-state index contributed by atoms with van der Waals surface area (Å²) in [6.45, 7) is 5.01. The van der Waals surface area contributed by atoms with Gasteiger partial charge in [0.15, 0.2) is 0 Å². The van der Waals surface area contributed by atoms with Crippen molar-refractivity contribution in [3.63, 3.8) is 0 Å². The highest BCUT2D eigenvalue weighted by Gasteiger charge is 2.26. The van der Waals surface area contributed by atoms with Crippen molar-refractivity contribution in [2.24, 2.45) is 5.10 Å². The molecule has 0 radical (unpaired) electrons. The number of carbonyl (C=O) groups excluding carboxylic acids is 3. The second kappa shape index (κ2) is 7.25. The molecule has 0 aliphatic carbocycles. The minimum absolute atomic E-state index is 0.176. The number of nitrogens with zero attached hydrogens (tertiary/aromatic N) is 2. The van der Waals surface area contributed by atoms with E-state index in [-0.39, 0.29) is 31.0 Å². The smallest absolute Gasteiger partial charge is 0.325 e. The maximum atomic E-state index is 12.2. The van der Waals surface area contributed by atoms with Crippen molar-refractivity contribution < 1.29 is 19.1 Å². The molecule has 1 aromatic rings. The average molecular weight is 331 g/mol. The van der Waals surface area contributed by atoms with Gasteiger partial charge in [0, 0.05) is 12.8 Å². The van der Waals surface area contributed by atoms with E-state index in [1.54, 1.807) is 45.0 Å². The molecule has 1 aliphatic rings. The van der Waals surface area contributed by atoms with Crippen molar-refractivity contribution in [3.05, 3.63) is 30.3 Å². The van der Waals surface area contributed by atoms with E-state index in [0.29, 0.717) is 5.69 Å². The van der Waals surface area contributed by atoms with Crippen LogP contribution >= 0.6 is 0 Å². The van der Waals surface area contributed by atoms with E-state index in [1.165, 1.54) is 5.01 Å². The lowest BCUT2D eigenvalue weighted by atomic mass is 10.1. The Morgan fingerprint density at radius 2 is 1.88 bits per heavy atom. The largest absolute Gasteiger partial charge is 0.459 e. The van der Waals surface area contributed by atoms with Crippen molar-refractivity contribution in [1.82, 2.24) is 5.32 Å². The van der Waals surface area contributed by atoms with Crippen LogP contribution in [0.5, 0.6) is 0 Å². The van der Waals surface area contributed by atoms with Gasteiger partial charge < -0.3 is 10.1 Å². The first-order valence-corrected chi connectivity index (χ1v) is 7.72. The van der Waals surface area contributed by atoms with Crippen molar-refractivity contribution in [2.45, 2.75) is 39.2 Å². The second-order valence-corrected chi connectivity index (χ2v) is 6.36. The zero-order chi connectivity index (χ0) is 17.7. The third kappa shape index (κ3) is 4.91. The van der Waals surface area contributed by atoms with Crippen LogP contribution in [-0.2, 0) is 19.1 Å². The summed E-state index contributed by atoms with van der Waals surface area (Å²) < 4.78 is 5.12. The molecule has 128 valence electrons. The molecule has 0 unspecified atom stereocenters. The zero-order valence-electron chi connectivity index (χ0n) is 14.0. The number of nitrogens with one attached hydrogen (secondary N) is 1. The van der Waals surface area contributed by atoms with Gasteiger partial charge in [0.2, 0.25) is 5.91 Å². The molecule has 1 heterocycles. The summed E-state index contributed by atoms with van der Waals surface area (Å²) in [5.74, 6) is -1.18. The van der Waals surface area contributed by atoms with Crippen LogP contribution < -0.4 is 10.3 Å². The normalized spacial score (nSPS) is 14.9. The Labute approximate surface area is 140 Å². The lowest BCUT2D eigenvalue weighted by Gasteiger charge is -2.23. The summed E-state index contributed by atoms with van der Waals surface area (Å²) >= 11 is 0. The lowest BCUT2D eigenvalue weighted by molar-refractivity contribution is -0.154. The van der Waals surface area contributed by atoms with Crippen LogP contribution in [0.3, 0.4) is 0 Å². The average Bonchev–Trinajstić information content (AvgIpc) is 2.52. The van der Waals surface area contributed by atoms with Crippen molar-refractivity contribution in [2.75, 3.05) is 11.6 Å². The quantitative estimate of drug-likeness (QED) is 0.849. The number of hydrogen-bond donors (Lipinski definition) is 1. The molecule has 2 rings (SSSR count). The third-order valence-corrected chi connectivity index (χ3v) is 3.11. The molecular weight excluding hydrogens is 310 g/mol. The van der Waals surface area contributed by atoms with Gasteiger partial charge in [-0.25, -0.2) is 5.01 Å². The molecule has 0 saturated heterocycles. The fourth-order valence-electron chi connectivity index (χ4n) is 2.12. The molecule has 7 nitrogen and oxygen atoms in total. The Balaban J connectivity index is 2.01. The Hall–Kier alpha value is -2.70. The highest BCUT2D eigenvalue weighted by Crippen LogP contribution is 2.19. The summed E-state index contributed by atoms with van der Waals surface area (Å²) in [6, 6.07) is 8.88. The number of esters is 1. The molecule has 2 amide bonds. The van der Waals surface area contributed by atoms with Crippen molar-refractivity contribution >= 4 is 29.2 Å². The molecular formula is C17H21N3O4. The predicted octanol–water partition coefficient (Wildman–Crippen LogP) is 1.63. The molecule has 0 fully saturated rings. The molecule has 0 spiro atoms. The molecule has 7 heteroatoms. The number of rotatable bonds is 4. The summed E-state index contributed by atoms with van der Waals surface area (Å²) in [4.78, 5) is 35.8. The van der Waals surface area contributed by atoms with Crippen LogP contribution in [0.2, 0.25) is 0 Å². The highest BCUT2D eigenvalue weighted by atomic mass is 16.6.